The number of rotatable bonds is 9. The number of benzene rings is 2. The van der Waals surface area contributed by atoms with Crippen LogP contribution >= 0.6 is 0 Å². The Morgan fingerprint density at radius 3 is 1.89 bits per heavy atom. The Morgan fingerprint density at radius 1 is 0.963 bits per heavy atom. The second-order valence-electron chi connectivity index (χ2n) is 6.38. The fourth-order valence-corrected chi connectivity index (χ4v) is 3.73. The highest BCUT2D eigenvalue weighted by Crippen LogP contribution is 2.18. The summed E-state index contributed by atoms with van der Waals surface area (Å²) in [5.41, 5.74) is 1.87. The molecule has 27 heavy (non-hydrogen) atoms. The summed E-state index contributed by atoms with van der Waals surface area (Å²) in [6.07, 6.45) is 0. The highest BCUT2D eigenvalue weighted by Gasteiger charge is 2.22. The van der Waals surface area contributed by atoms with Crippen molar-refractivity contribution in [1.29, 1.82) is 0 Å². The van der Waals surface area contributed by atoms with Gasteiger partial charge >= 0.3 is 6.61 Å². The molecule has 5 nitrogen and oxygen atoms in total. The van der Waals surface area contributed by atoms with E-state index in [9.17, 15) is 17.2 Å². The first-order valence-corrected chi connectivity index (χ1v) is 9.95. The lowest BCUT2D eigenvalue weighted by Crippen LogP contribution is -2.33. The van der Waals surface area contributed by atoms with Crippen LogP contribution in [0.15, 0.2) is 53.4 Å². The first-order chi connectivity index (χ1) is 12.7. The normalized spacial score (nSPS) is 12.1. The minimum atomic E-state index is -3.48. The van der Waals surface area contributed by atoms with Crippen molar-refractivity contribution in [3.05, 3.63) is 59.7 Å². The topological polar surface area (TPSA) is 58.6 Å². The molecule has 148 valence electrons. The van der Waals surface area contributed by atoms with E-state index in [-0.39, 0.29) is 16.7 Å². The van der Waals surface area contributed by atoms with Gasteiger partial charge in [0, 0.05) is 26.2 Å². The Hall–Kier alpha value is -2.03. The van der Waals surface area contributed by atoms with Gasteiger partial charge in [-0.3, -0.25) is 0 Å². The summed E-state index contributed by atoms with van der Waals surface area (Å²) in [7, 11) is -1.92. The Kier molecular flexibility index (Phi) is 7.29. The SMILES string of the molecule is CC(C)N(C)S(=O)(=O)c1ccc(CNCc2ccc(OC(F)F)cc2)cc1. The Labute approximate surface area is 159 Å². The van der Waals surface area contributed by atoms with Crippen molar-refractivity contribution in [2.24, 2.45) is 0 Å². The summed E-state index contributed by atoms with van der Waals surface area (Å²) in [5.74, 6) is 0.122. The molecule has 0 aliphatic heterocycles. The lowest BCUT2D eigenvalue weighted by Gasteiger charge is -2.21. The van der Waals surface area contributed by atoms with Gasteiger partial charge in [-0.25, -0.2) is 8.42 Å². The number of nitrogens with zero attached hydrogens (tertiary/aromatic N) is 1. The van der Waals surface area contributed by atoms with Crippen LogP contribution in [0.5, 0.6) is 5.75 Å². The van der Waals surface area contributed by atoms with Crippen molar-refractivity contribution in [1.82, 2.24) is 9.62 Å². The van der Waals surface area contributed by atoms with Gasteiger partial charge in [0.1, 0.15) is 5.75 Å². The lowest BCUT2D eigenvalue weighted by atomic mass is 10.2. The third-order valence-electron chi connectivity index (χ3n) is 4.13. The molecule has 2 rings (SSSR count). The summed E-state index contributed by atoms with van der Waals surface area (Å²) in [6.45, 7) is 1.91. The van der Waals surface area contributed by atoms with Gasteiger partial charge in [0.2, 0.25) is 10.0 Å². The molecule has 0 aliphatic carbocycles. The average molecular weight is 398 g/mol. The fraction of sp³-hybridized carbons (Fsp3) is 0.368. The zero-order valence-corrected chi connectivity index (χ0v) is 16.3. The summed E-state index contributed by atoms with van der Waals surface area (Å²) in [4.78, 5) is 0.261. The maximum atomic E-state index is 12.4. The van der Waals surface area contributed by atoms with Crippen molar-refractivity contribution >= 4 is 10.0 Å². The van der Waals surface area contributed by atoms with Crippen LogP contribution in [0.2, 0.25) is 0 Å². The van der Waals surface area contributed by atoms with Crippen LogP contribution in [0.25, 0.3) is 0 Å². The molecule has 1 N–H and O–H groups in total. The number of hydrogen-bond acceptors (Lipinski definition) is 4. The number of sulfonamides is 1. The van der Waals surface area contributed by atoms with E-state index in [1.165, 1.54) is 16.4 Å². The highest BCUT2D eigenvalue weighted by molar-refractivity contribution is 7.89. The molecular weight excluding hydrogens is 374 g/mol. The Bertz CT molecular complexity index is 823. The summed E-state index contributed by atoms with van der Waals surface area (Å²) >= 11 is 0. The molecule has 0 bridgehead atoms. The molecule has 0 aromatic heterocycles. The molecule has 0 unspecified atom stereocenters. The Balaban J connectivity index is 1.90. The number of hydrogen-bond donors (Lipinski definition) is 1. The van der Waals surface area contributed by atoms with Gasteiger partial charge in [-0.1, -0.05) is 24.3 Å². The molecule has 2 aromatic rings. The highest BCUT2D eigenvalue weighted by atomic mass is 32.2. The van der Waals surface area contributed by atoms with E-state index in [4.69, 9.17) is 0 Å². The fourth-order valence-electron chi connectivity index (χ4n) is 2.36. The van der Waals surface area contributed by atoms with E-state index < -0.39 is 16.6 Å². The number of alkyl halides is 2. The van der Waals surface area contributed by atoms with Crippen LogP contribution in [0.4, 0.5) is 8.78 Å². The number of nitrogens with one attached hydrogen (secondary N) is 1. The monoisotopic (exact) mass is 398 g/mol. The van der Waals surface area contributed by atoms with E-state index in [2.05, 4.69) is 10.1 Å². The second kappa shape index (κ2) is 9.25. The second-order valence-corrected chi connectivity index (χ2v) is 8.38. The van der Waals surface area contributed by atoms with Crippen LogP contribution in [0, 0.1) is 0 Å². The minimum absolute atomic E-state index is 0.117. The van der Waals surface area contributed by atoms with Gasteiger partial charge in [-0.2, -0.15) is 13.1 Å². The summed E-state index contributed by atoms with van der Waals surface area (Å²) in [5, 5.41) is 3.23. The quantitative estimate of drug-likeness (QED) is 0.701. The van der Waals surface area contributed by atoms with Crippen molar-refractivity contribution in [2.75, 3.05) is 7.05 Å². The maximum Gasteiger partial charge on any atom is 0.387 e. The molecule has 0 fully saturated rings. The van der Waals surface area contributed by atoms with Crippen LogP contribution < -0.4 is 10.1 Å². The van der Waals surface area contributed by atoms with Gasteiger partial charge in [-0.15, -0.1) is 0 Å². The predicted octanol–water partition coefficient (Wildman–Crippen LogP) is 3.61. The number of halogens is 2. The maximum absolute atomic E-state index is 12.4. The molecule has 0 saturated heterocycles. The van der Waals surface area contributed by atoms with E-state index in [0.717, 1.165) is 11.1 Å². The van der Waals surface area contributed by atoms with Crippen molar-refractivity contribution in [3.63, 3.8) is 0 Å². The van der Waals surface area contributed by atoms with Gasteiger partial charge in [0.15, 0.2) is 0 Å². The smallest absolute Gasteiger partial charge is 0.387 e. The molecule has 0 amide bonds. The third-order valence-corrected chi connectivity index (χ3v) is 6.18. The standard InChI is InChI=1S/C19H24F2N2O3S/c1-14(2)23(3)27(24,25)18-10-6-16(7-11-18)13-22-12-15-4-8-17(9-5-15)26-19(20)21/h4-11,14,19,22H,12-13H2,1-3H3. The molecule has 0 aliphatic rings. The van der Waals surface area contributed by atoms with Crippen LogP contribution in [-0.4, -0.2) is 32.4 Å². The molecule has 2 aromatic carbocycles. The molecular formula is C19H24F2N2O3S. The van der Waals surface area contributed by atoms with Crippen LogP contribution in [0.1, 0.15) is 25.0 Å². The van der Waals surface area contributed by atoms with Crippen LogP contribution in [0.3, 0.4) is 0 Å². The van der Waals surface area contributed by atoms with Gasteiger partial charge in [0.05, 0.1) is 4.90 Å². The predicted molar refractivity (Wildman–Crippen MR) is 100 cm³/mol. The zero-order chi connectivity index (χ0) is 20.0. The van der Waals surface area contributed by atoms with Gasteiger partial charge in [0.25, 0.3) is 0 Å². The van der Waals surface area contributed by atoms with Crippen molar-refractivity contribution in [2.45, 2.75) is 44.5 Å². The van der Waals surface area contributed by atoms with E-state index in [1.807, 2.05) is 13.8 Å². The molecule has 0 heterocycles. The first-order valence-electron chi connectivity index (χ1n) is 8.51. The van der Waals surface area contributed by atoms with Crippen molar-refractivity contribution < 1.29 is 21.9 Å². The Morgan fingerprint density at radius 2 is 1.44 bits per heavy atom. The average Bonchev–Trinajstić information content (AvgIpc) is 2.62. The zero-order valence-electron chi connectivity index (χ0n) is 15.5. The van der Waals surface area contributed by atoms with Crippen LogP contribution in [-0.2, 0) is 23.1 Å². The lowest BCUT2D eigenvalue weighted by molar-refractivity contribution is -0.0498. The molecule has 0 spiro atoms. The molecule has 0 saturated carbocycles. The van der Waals surface area contributed by atoms with E-state index in [0.29, 0.717) is 13.1 Å². The number of ether oxygens (including phenoxy) is 1. The van der Waals surface area contributed by atoms with Gasteiger partial charge in [-0.05, 0) is 49.2 Å². The van der Waals surface area contributed by atoms with Crippen molar-refractivity contribution in [3.8, 4) is 5.75 Å². The summed E-state index contributed by atoms with van der Waals surface area (Å²) in [6, 6.07) is 13.0. The first kappa shape index (κ1) is 21.3. The molecule has 0 radical (unpaired) electrons. The van der Waals surface area contributed by atoms with E-state index in [1.54, 1.807) is 43.4 Å². The summed E-state index contributed by atoms with van der Waals surface area (Å²) < 4.78 is 54.7. The third kappa shape index (κ3) is 5.98. The van der Waals surface area contributed by atoms with E-state index >= 15 is 0 Å². The molecule has 0 atom stereocenters. The largest absolute Gasteiger partial charge is 0.435 e. The van der Waals surface area contributed by atoms with Gasteiger partial charge < -0.3 is 10.1 Å². The molecule has 8 heteroatoms. The minimum Gasteiger partial charge on any atom is -0.435 e.